The quantitative estimate of drug-likeness (QED) is 0.315. The molecule has 0 nitrogen and oxygen atoms in total. The first-order chi connectivity index (χ1) is 11.0. The number of rotatable bonds is 0. The van der Waals surface area contributed by atoms with Crippen molar-refractivity contribution >= 4 is 32.3 Å². The molecule has 0 heterocycles. The fourth-order valence-electron chi connectivity index (χ4n) is 3.98. The first-order valence-electron chi connectivity index (χ1n) is 8.32. The Hall–Kier alpha value is -2.34. The Morgan fingerprint density at radius 3 is 1.52 bits per heavy atom. The number of fused-ring (bicyclic) bond motifs is 6. The van der Waals surface area contributed by atoms with E-state index in [0.29, 0.717) is 0 Å². The second-order valence-corrected chi connectivity index (χ2v) is 7.50. The second kappa shape index (κ2) is 4.83. The summed E-state index contributed by atoms with van der Waals surface area (Å²) in [5.74, 6) is 0. The van der Waals surface area contributed by atoms with Crippen LogP contribution in [0.2, 0.25) is 0 Å². The molecule has 0 fully saturated rings. The SMILES string of the molecule is Cc1c(C(C)(C)C)ccc2c3ccccc3c3ccccc3c12. The largest absolute Gasteiger partial charge is 0.0616 e. The van der Waals surface area contributed by atoms with Gasteiger partial charge in [0.2, 0.25) is 0 Å². The van der Waals surface area contributed by atoms with Gasteiger partial charge in [0.15, 0.2) is 0 Å². The molecule has 0 heteroatoms. The van der Waals surface area contributed by atoms with Crippen LogP contribution in [0.1, 0.15) is 31.9 Å². The van der Waals surface area contributed by atoms with E-state index < -0.39 is 0 Å². The van der Waals surface area contributed by atoms with Crippen molar-refractivity contribution in [3.63, 3.8) is 0 Å². The van der Waals surface area contributed by atoms with Crippen LogP contribution < -0.4 is 0 Å². The van der Waals surface area contributed by atoms with Gasteiger partial charge in [-0.3, -0.25) is 0 Å². The molecule has 0 unspecified atom stereocenters. The van der Waals surface area contributed by atoms with Gasteiger partial charge in [0.25, 0.3) is 0 Å². The Morgan fingerprint density at radius 2 is 1.00 bits per heavy atom. The van der Waals surface area contributed by atoms with Crippen LogP contribution in [0, 0.1) is 6.92 Å². The minimum absolute atomic E-state index is 0.158. The molecule has 0 saturated heterocycles. The maximum atomic E-state index is 2.32. The molecule has 4 aromatic carbocycles. The molecule has 0 atom stereocenters. The van der Waals surface area contributed by atoms with Crippen molar-refractivity contribution in [3.8, 4) is 0 Å². The van der Waals surface area contributed by atoms with Crippen molar-refractivity contribution in [1.29, 1.82) is 0 Å². The molecule has 0 aliphatic heterocycles. The van der Waals surface area contributed by atoms with Gasteiger partial charge in [-0.25, -0.2) is 0 Å². The molecule has 0 radical (unpaired) electrons. The molecule has 114 valence electrons. The van der Waals surface area contributed by atoms with Crippen molar-refractivity contribution < 1.29 is 0 Å². The monoisotopic (exact) mass is 298 g/mol. The van der Waals surface area contributed by atoms with E-state index in [1.165, 1.54) is 43.4 Å². The highest BCUT2D eigenvalue weighted by Gasteiger charge is 2.19. The summed E-state index contributed by atoms with van der Waals surface area (Å²) in [4.78, 5) is 0. The highest BCUT2D eigenvalue weighted by molar-refractivity contribution is 6.26. The van der Waals surface area contributed by atoms with Crippen LogP contribution in [0.4, 0.5) is 0 Å². The van der Waals surface area contributed by atoms with Gasteiger partial charge in [0.1, 0.15) is 0 Å². The lowest BCUT2D eigenvalue weighted by Crippen LogP contribution is -2.13. The molecule has 0 amide bonds. The Bertz CT molecular complexity index is 1010. The van der Waals surface area contributed by atoms with Crippen molar-refractivity contribution in [3.05, 3.63) is 71.8 Å². The van der Waals surface area contributed by atoms with E-state index in [4.69, 9.17) is 0 Å². The molecule has 0 aliphatic carbocycles. The Balaban J connectivity index is 2.33. The van der Waals surface area contributed by atoms with Gasteiger partial charge in [0.05, 0.1) is 0 Å². The smallest absolute Gasteiger partial charge is 0.00667 e. The molecular formula is C23H22. The summed E-state index contributed by atoms with van der Waals surface area (Å²) in [7, 11) is 0. The van der Waals surface area contributed by atoms with E-state index in [9.17, 15) is 0 Å². The van der Waals surface area contributed by atoms with E-state index in [-0.39, 0.29) is 5.41 Å². The van der Waals surface area contributed by atoms with Crippen LogP contribution >= 0.6 is 0 Å². The lowest BCUT2D eigenvalue weighted by Gasteiger charge is -2.24. The number of hydrogen-bond donors (Lipinski definition) is 0. The van der Waals surface area contributed by atoms with Crippen LogP contribution in [0.5, 0.6) is 0 Å². The fraction of sp³-hybridized carbons (Fsp3) is 0.217. The third-order valence-electron chi connectivity index (χ3n) is 4.98. The molecule has 0 spiro atoms. The van der Waals surface area contributed by atoms with Gasteiger partial charge in [-0.15, -0.1) is 0 Å². The highest BCUT2D eigenvalue weighted by atomic mass is 14.2. The van der Waals surface area contributed by atoms with Crippen molar-refractivity contribution in [2.45, 2.75) is 33.1 Å². The Kier molecular flexibility index (Phi) is 2.99. The predicted octanol–water partition coefficient (Wildman–Crippen LogP) is 6.75. The first kappa shape index (κ1) is 14.3. The van der Waals surface area contributed by atoms with Crippen LogP contribution in [0.15, 0.2) is 60.7 Å². The molecule has 0 saturated carbocycles. The second-order valence-electron chi connectivity index (χ2n) is 7.50. The summed E-state index contributed by atoms with van der Waals surface area (Å²) >= 11 is 0. The zero-order chi connectivity index (χ0) is 16.2. The van der Waals surface area contributed by atoms with Crippen LogP contribution in [-0.4, -0.2) is 0 Å². The van der Waals surface area contributed by atoms with Gasteiger partial charge in [-0.2, -0.15) is 0 Å². The van der Waals surface area contributed by atoms with Crippen molar-refractivity contribution in [2.75, 3.05) is 0 Å². The average molecular weight is 298 g/mol. The van der Waals surface area contributed by atoms with Crippen LogP contribution in [0.3, 0.4) is 0 Å². The van der Waals surface area contributed by atoms with Crippen molar-refractivity contribution in [2.24, 2.45) is 0 Å². The zero-order valence-corrected chi connectivity index (χ0v) is 14.3. The van der Waals surface area contributed by atoms with Gasteiger partial charge in [-0.1, -0.05) is 81.4 Å². The van der Waals surface area contributed by atoms with Crippen LogP contribution in [0.25, 0.3) is 32.3 Å². The molecule has 0 aliphatic rings. The summed E-state index contributed by atoms with van der Waals surface area (Å²) in [6.45, 7) is 9.17. The van der Waals surface area contributed by atoms with Gasteiger partial charge in [0, 0.05) is 0 Å². The molecule has 23 heavy (non-hydrogen) atoms. The lowest BCUT2D eigenvalue weighted by molar-refractivity contribution is 0.587. The zero-order valence-electron chi connectivity index (χ0n) is 14.3. The van der Waals surface area contributed by atoms with E-state index >= 15 is 0 Å². The number of benzene rings is 4. The molecule has 4 aromatic rings. The summed E-state index contributed by atoms with van der Waals surface area (Å²) in [5, 5.41) is 8.19. The van der Waals surface area contributed by atoms with Gasteiger partial charge >= 0.3 is 0 Å². The van der Waals surface area contributed by atoms with Crippen LogP contribution in [-0.2, 0) is 5.41 Å². The summed E-state index contributed by atoms with van der Waals surface area (Å²) in [6.07, 6.45) is 0. The fourth-order valence-corrected chi connectivity index (χ4v) is 3.98. The highest BCUT2D eigenvalue weighted by Crippen LogP contribution is 2.39. The first-order valence-corrected chi connectivity index (χ1v) is 8.32. The molecule has 0 N–H and O–H groups in total. The number of hydrogen-bond acceptors (Lipinski definition) is 0. The third kappa shape index (κ3) is 2.05. The Labute approximate surface area is 137 Å². The lowest BCUT2D eigenvalue weighted by atomic mass is 9.80. The molecular weight excluding hydrogens is 276 g/mol. The average Bonchev–Trinajstić information content (AvgIpc) is 2.54. The maximum Gasteiger partial charge on any atom is -0.00667 e. The minimum Gasteiger partial charge on any atom is -0.0616 e. The number of aryl methyl sites for hydroxylation is 1. The standard InChI is InChI=1S/C23H22/c1-15-21(23(2,3)4)14-13-20-18-11-6-5-9-16(18)17-10-7-8-12-19(17)22(15)20/h5-14H,1-4H3. The predicted molar refractivity (Wildman–Crippen MR) is 102 cm³/mol. The summed E-state index contributed by atoms with van der Waals surface area (Å²) in [5.41, 5.74) is 3.01. The molecule has 0 bridgehead atoms. The van der Waals surface area contributed by atoms with E-state index in [1.54, 1.807) is 0 Å². The molecule has 4 rings (SSSR count). The summed E-state index contributed by atoms with van der Waals surface area (Å²) in [6, 6.07) is 22.2. The normalized spacial score (nSPS) is 12.3. The minimum atomic E-state index is 0.158. The summed E-state index contributed by atoms with van der Waals surface area (Å²) < 4.78 is 0. The van der Waals surface area contributed by atoms with E-state index in [1.807, 2.05) is 0 Å². The van der Waals surface area contributed by atoms with E-state index in [0.717, 1.165) is 0 Å². The van der Waals surface area contributed by atoms with E-state index in [2.05, 4.69) is 88.4 Å². The maximum absolute atomic E-state index is 2.32. The third-order valence-corrected chi connectivity index (χ3v) is 4.98. The van der Waals surface area contributed by atoms with Gasteiger partial charge in [-0.05, 0) is 55.8 Å². The Morgan fingerprint density at radius 1 is 0.565 bits per heavy atom. The molecule has 0 aromatic heterocycles. The van der Waals surface area contributed by atoms with Gasteiger partial charge < -0.3 is 0 Å². The topological polar surface area (TPSA) is 0 Å². The van der Waals surface area contributed by atoms with Crippen molar-refractivity contribution in [1.82, 2.24) is 0 Å².